The third-order valence-electron chi connectivity index (χ3n) is 5.00. The zero-order valence-corrected chi connectivity index (χ0v) is 15.4. The van der Waals surface area contributed by atoms with Gasteiger partial charge in [0.1, 0.15) is 6.04 Å². The predicted molar refractivity (Wildman–Crippen MR) is 97.7 cm³/mol. The molecule has 2 fully saturated rings. The first-order valence-electron chi connectivity index (χ1n) is 9.35. The summed E-state index contributed by atoms with van der Waals surface area (Å²) in [5, 5.41) is 0. The van der Waals surface area contributed by atoms with E-state index in [1.807, 2.05) is 26.0 Å². The van der Waals surface area contributed by atoms with Gasteiger partial charge in [-0.15, -0.1) is 0 Å². The summed E-state index contributed by atoms with van der Waals surface area (Å²) >= 11 is 0. The second kappa shape index (κ2) is 7.99. The van der Waals surface area contributed by atoms with Gasteiger partial charge in [-0.1, -0.05) is 24.6 Å². The first-order valence-corrected chi connectivity index (χ1v) is 9.35. The molecule has 2 heterocycles. The highest BCUT2D eigenvalue weighted by molar-refractivity contribution is 6.23. The second-order valence-electron chi connectivity index (χ2n) is 7.05. The lowest BCUT2D eigenvalue weighted by atomic mass is 10.1. The summed E-state index contributed by atoms with van der Waals surface area (Å²) in [5.74, 6) is -0.660. The van der Waals surface area contributed by atoms with Gasteiger partial charge in [0.2, 0.25) is 11.8 Å². The molecule has 0 bridgehead atoms. The minimum atomic E-state index is -0.730. The Kier molecular flexibility index (Phi) is 5.71. The molecule has 0 radical (unpaired) electrons. The van der Waals surface area contributed by atoms with Crippen LogP contribution >= 0.6 is 0 Å². The normalized spacial score (nSPS) is 22.9. The largest absolute Gasteiger partial charge is 0.376 e. The van der Waals surface area contributed by atoms with E-state index in [0.717, 1.165) is 18.4 Å². The highest BCUT2D eigenvalue weighted by Gasteiger charge is 2.44. The van der Waals surface area contributed by atoms with Gasteiger partial charge in [-0.3, -0.25) is 14.4 Å². The molecule has 140 valence electrons. The molecule has 6 heteroatoms. The molecular formula is C20H26N2O4. The van der Waals surface area contributed by atoms with Crippen LogP contribution in [0.3, 0.4) is 0 Å². The predicted octanol–water partition coefficient (Wildman–Crippen LogP) is 2.43. The van der Waals surface area contributed by atoms with Crippen LogP contribution in [-0.2, 0) is 19.1 Å². The summed E-state index contributed by atoms with van der Waals surface area (Å²) in [6.45, 7) is 4.95. The number of imide groups is 1. The van der Waals surface area contributed by atoms with E-state index in [-0.39, 0.29) is 30.2 Å². The number of benzene rings is 1. The van der Waals surface area contributed by atoms with Crippen molar-refractivity contribution in [2.45, 2.75) is 58.1 Å². The number of anilines is 1. The summed E-state index contributed by atoms with van der Waals surface area (Å²) in [6, 6.07) is 6.55. The fourth-order valence-electron chi connectivity index (χ4n) is 3.59. The van der Waals surface area contributed by atoms with Crippen molar-refractivity contribution in [3.8, 4) is 0 Å². The Bertz CT molecular complexity index is 680. The van der Waals surface area contributed by atoms with Crippen molar-refractivity contribution in [2.24, 2.45) is 0 Å². The van der Waals surface area contributed by atoms with E-state index in [9.17, 15) is 14.4 Å². The molecule has 0 aromatic heterocycles. The average Bonchev–Trinajstić information content (AvgIpc) is 3.22. The Morgan fingerprint density at radius 1 is 1.27 bits per heavy atom. The number of hydrogen-bond acceptors (Lipinski definition) is 4. The van der Waals surface area contributed by atoms with E-state index < -0.39 is 6.04 Å². The molecule has 2 aliphatic rings. The Hall–Kier alpha value is -2.21. The van der Waals surface area contributed by atoms with Crippen molar-refractivity contribution in [2.75, 3.05) is 18.1 Å². The van der Waals surface area contributed by atoms with E-state index in [0.29, 0.717) is 31.7 Å². The van der Waals surface area contributed by atoms with Crippen molar-refractivity contribution in [3.63, 3.8) is 0 Å². The molecule has 1 aromatic rings. The summed E-state index contributed by atoms with van der Waals surface area (Å²) in [7, 11) is 0. The molecule has 6 nitrogen and oxygen atoms in total. The fourth-order valence-corrected chi connectivity index (χ4v) is 3.59. The number of aryl methyl sites for hydroxylation is 1. The number of nitrogens with zero attached hydrogens (tertiary/aromatic N) is 2. The van der Waals surface area contributed by atoms with Crippen LogP contribution in [0.15, 0.2) is 24.3 Å². The fraction of sp³-hybridized carbons (Fsp3) is 0.550. The SMILES string of the molecule is CCCC(=O)N(CC1CCCO1)C1CC(=O)N(c2ccc(C)cc2)C1=O. The maximum Gasteiger partial charge on any atom is 0.257 e. The molecule has 3 rings (SSSR count). The lowest BCUT2D eigenvalue weighted by Gasteiger charge is -2.29. The van der Waals surface area contributed by atoms with Gasteiger partial charge in [0.05, 0.1) is 18.2 Å². The molecule has 2 unspecified atom stereocenters. The summed E-state index contributed by atoms with van der Waals surface area (Å²) in [4.78, 5) is 41.0. The van der Waals surface area contributed by atoms with Gasteiger partial charge < -0.3 is 9.64 Å². The van der Waals surface area contributed by atoms with Crippen molar-refractivity contribution < 1.29 is 19.1 Å². The molecule has 3 amide bonds. The van der Waals surface area contributed by atoms with Crippen LogP contribution in [0.2, 0.25) is 0 Å². The number of hydrogen-bond donors (Lipinski definition) is 0. The third kappa shape index (κ3) is 3.80. The molecule has 0 aliphatic carbocycles. The van der Waals surface area contributed by atoms with Crippen LogP contribution in [0.1, 0.15) is 44.6 Å². The Balaban J connectivity index is 1.81. The first-order chi connectivity index (χ1) is 12.5. The zero-order chi connectivity index (χ0) is 18.7. The van der Waals surface area contributed by atoms with E-state index in [1.165, 1.54) is 4.90 Å². The molecule has 0 N–H and O–H groups in total. The van der Waals surface area contributed by atoms with E-state index in [2.05, 4.69) is 0 Å². The second-order valence-corrected chi connectivity index (χ2v) is 7.05. The summed E-state index contributed by atoms with van der Waals surface area (Å²) < 4.78 is 5.65. The Morgan fingerprint density at radius 3 is 2.62 bits per heavy atom. The van der Waals surface area contributed by atoms with Crippen molar-refractivity contribution in [1.82, 2.24) is 4.90 Å². The lowest BCUT2D eigenvalue weighted by molar-refractivity contribution is -0.140. The first kappa shape index (κ1) is 18.6. The van der Waals surface area contributed by atoms with Gasteiger partial charge in [0.25, 0.3) is 5.91 Å². The van der Waals surface area contributed by atoms with Gasteiger partial charge >= 0.3 is 0 Å². The van der Waals surface area contributed by atoms with Crippen LogP contribution in [0.25, 0.3) is 0 Å². The standard InChI is InChI=1S/C20H26N2O4/c1-3-5-18(23)21(13-16-6-4-11-26-16)17-12-19(24)22(20(17)25)15-9-7-14(2)8-10-15/h7-10,16-17H,3-6,11-13H2,1-2H3. The van der Waals surface area contributed by atoms with Crippen molar-refractivity contribution in [3.05, 3.63) is 29.8 Å². The van der Waals surface area contributed by atoms with Crippen molar-refractivity contribution in [1.29, 1.82) is 0 Å². The van der Waals surface area contributed by atoms with Gasteiger partial charge in [0.15, 0.2) is 0 Å². The van der Waals surface area contributed by atoms with E-state index in [1.54, 1.807) is 17.0 Å². The van der Waals surface area contributed by atoms with Crippen LogP contribution in [0.4, 0.5) is 5.69 Å². The van der Waals surface area contributed by atoms with Crippen LogP contribution in [0.5, 0.6) is 0 Å². The topological polar surface area (TPSA) is 66.9 Å². The molecular weight excluding hydrogens is 332 g/mol. The quantitative estimate of drug-likeness (QED) is 0.733. The molecule has 0 saturated carbocycles. The van der Waals surface area contributed by atoms with E-state index in [4.69, 9.17) is 4.74 Å². The average molecular weight is 358 g/mol. The molecule has 26 heavy (non-hydrogen) atoms. The monoisotopic (exact) mass is 358 g/mol. The van der Waals surface area contributed by atoms with Gasteiger partial charge in [0, 0.05) is 19.6 Å². The summed E-state index contributed by atoms with van der Waals surface area (Å²) in [5.41, 5.74) is 1.62. The number of rotatable bonds is 6. The third-order valence-corrected chi connectivity index (χ3v) is 5.00. The molecule has 1 aromatic carbocycles. The maximum absolute atomic E-state index is 13.0. The number of ether oxygens (including phenoxy) is 1. The Labute approximate surface area is 154 Å². The van der Waals surface area contributed by atoms with Crippen LogP contribution in [-0.4, -0.2) is 47.9 Å². The van der Waals surface area contributed by atoms with E-state index >= 15 is 0 Å². The number of carbonyl (C=O) groups is 3. The van der Waals surface area contributed by atoms with Gasteiger partial charge in [-0.25, -0.2) is 4.90 Å². The minimum Gasteiger partial charge on any atom is -0.376 e. The van der Waals surface area contributed by atoms with Crippen LogP contribution in [0, 0.1) is 6.92 Å². The molecule has 2 aliphatic heterocycles. The highest BCUT2D eigenvalue weighted by atomic mass is 16.5. The number of amides is 3. The lowest BCUT2D eigenvalue weighted by Crippen LogP contribution is -2.48. The smallest absolute Gasteiger partial charge is 0.257 e. The molecule has 0 spiro atoms. The minimum absolute atomic E-state index is 0.0366. The highest BCUT2D eigenvalue weighted by Crippen LogP contribution is 2.27. The molecule has 2 saturated heterocycles. The Morgan fingerprint density at radius 2 is 2.00 bits per heavy atom. The maximum atomic E-state index is 13.0. The number of carbonyl (C=O) groups excluding carboxylic acids is 3. The van der Waals surface area contributed by atoms with Gasteiger partial charge in [-0.2, -0.15) is 0 Å². The van der Waals surface area contributed by atoms with Crippen LogP contribution < -0.4 is 4.90 Å². The zero-order valence-electron chi connectivity index (χ0n) is 15.4. The summed E-state index contributed by atoms with van der Waals surface area (Å²) in [6.07, 6.45) is 2.91. The van der Waals surface area contributed by atoms with Crippen molar-refractivity contribution >= 4 is 23.4 Å². The van der Waals surface area contributed by atoms with Gasteiger partial charge in [-0.05, 0) is 38.3 Å². The molecule has 2 atom stereocenters.